The van der Waals surface area contributed by atoms with Crippen LogP contribution in [0.1, 0.15) is 33.1 Å². The number of hydrogen-bond donors (Lipinski definition) is 0. The van der Waals surface area contributed by atoms with Crippen molar-refractivity contribution in [2.45, 2.75) is 45.2 Å². The lowest BCUT2D eigenvalue weighted by atomic mass is 10.0. The van der Waals surface area contributed by atoms with E-state index in [9.17, 15) is 0 Å². The molecule has 0 amide bonds. The van der Waals surface area contributed by atoms with E-state index in [-0.39, 0.29) is 0 Å². The van der Waals surface area contributed by atoms with Gasteiger partial charge in [-0.05, 0) is 38.6 Å². The Labute approximate surface area is 81.3 Å². The smallest absolute Gasteiger partial charge is 0.0480 e. The van der Waals surface area contributed by atoms with Crippen molar-refractivity contribution in [3.05, 3.63) is 0 Å². The highest BCUT2D eigenvalue weighted by molar-refractivity contribution is 4.87. The average molecular weight is 183 g/mol. The van der Waals surface area contributed by atoms with Crippen LogP contribution >= 0.6 is 0 Å². The summed E-state index contributed by atoms with van der Waals surface area (Å²) in [4.78, 5) is 2.70. The van der Waals surface area contributed by atoms with Crippen LogP contribution in [0.5, 0.6) is 0 Å². The van der Waals surface area contributed by atoms with Crippen LogP contribution in [0, 0.1) is 5.92 Å². The molecule has 2 aliphatic heterocycles. The highest BCUT2D eigenvalue weighted by Crippen LogP contribution is 2.28. The fraction of sp³-hybridized carbons (Fsp3) is 1.00. The van der Waals surface area contributed by atoms with Crippen molar-refractivity contribution in [1.29, 1.82) is 0 Å². The van der Waals surface area contributed by atoms with Gasteiger partial charge in [-0.2, -0.15) is 0 Å². The molecular weight excluding hydrogens is 162 g/mol. The summed E-state index contributed by atoms with van der Waals surface area (Å²) in [6.45, 7) is 8.02. The van der Waals surface area contributed by atoms with Crippen LogP contribution in [0.4, 0.5) is 0 Å². The number of nitrogens with zero attached hydrogens (tertiary/aromatic N) is 1. The Morgan fingerprint density at radius 1 is 1.08 bits per heavy atom. The molecule has 0 bridgehead atoms. The molecule has 2 heterocycles. The molecule has 0 aliphatic carbocycles. The topological polar surface area (TPSA) is 12.5 Å². The molecule has 13 heavy (non-hydrogen) atoms. The molecule has 2 rings (SSSR count). The summed E-state index contributed by atoms with van der Waals surface area (Å²) in [6.07, 6.45) is 3.88. The van der Waals surface area contributed by atoms with Gasteiger partial charge in [-0.25, -0.2) is 0 Å². The van der Waals surface area contributed by atoms with E-state index in [0.717, 1.165) is 31.2 Å². The second kappa shape index (κ2) is 3.97. The maximum atomic E-state index is 5.39. The molecule has 2 fully saturated rings. The average Bonchev–Trinajstić information content (AvgIpc) is 2.49. The van der Waals surface area contributed by atoms with Gasteiger partial charge in [-0.3, -0.25) is 4.90 Å². The lowest BCUT2D eigenvalue weighted by Gasteiger charge is -2.34. The molecule has 2 atom stereocenters. The molecule has 0 radical (unpaired) electrons. The van der Waals surface area contributed by atoms with Gasteiger partial charge in [0.2, 0.25) is 0 Å². The summed E-state index contributed by atoms with van der Waals surface area (Å²) in [5, 5.41) is 0. The summed E-state index contributed by atoms with van der Waals surface area (Å²) in [5.41, 5.74) is 0. The number of likely N-dealkylation sites (tertiary alicyclic amines) is 1. The van der Waals surface area contributed by atoms with Gasteiger partial charge in [0.15, 0.2) is 0 Å². The zero-order valence-corrected chi connectivity index (χ0v) is 8.83. The standard InChI is InChI=1S/C11H21NO/c1-9-3-6-12(10(9)2)11-4-7-13-8-5-11/h9-11H,3-8H2,1-2H3. The third-order valence-electron chi connectivity index (χ3n) is 3.85. The minimum absolute atomic E-state index is 0.795. The molecule has 0 saturated carbocycles. The van der Waals surface area contributed by atoms with Crippen LogP contribution in [0.2, 0.25) is 0 Å². The van der Waals surface area contributed by atoms with Crippen LogP contribution in [0.3, 0.4) is 0 Å². The molecule has 0 aromatic carbocycles. The van der Waals surface area contributed by atoms with Gasteiger partial charge in [0.05, 0.1) is 0 Å². The van der Waals surface area contributed by atoms with Crippen LogP contribution in [-0.2, 0) is 4.74 Å². The van der Waals surface area contributed by atoms with Gasteiger partial charge in [0.1, 0.15) is 0 Å². The van der Waals surface area contributed by atoms with Crippen LogP contribution in [0.15, 0.2) is 0 Å². The van der Waals surface area contributed by atoms with Gasteiger partial charge >= 0.3 is 0 Å². The molecule has 2 nitrogen and oxygen atoms in total. The molecule has 2 aliphatic rings. The SMILES string of the molecule is CC1CCN(C2CCOCC2)C1C. The van der Waals surface area contributed by atoms with Crippen molar-refractivity contribution in [3.8, 4) is 0 Å². The first-order chi connectivity index (χ1) is 6.29. The largest absolute Gasteiger partial charge is 0.381 e. The van der Waals surface area contributed by atoms with Crippen molar-refractivity contribution >= 4 is 0 Å². The first-order valence-electron chi connectivity index (χ1n) is 5.62. The minimum Gasteiger partial charge on any atom is -0.381 e. The lowest BCUT2D eigenvalue weighted by Crippen LogP contribution is -2.42. The van der Waals surface area contributed by atoms with Gasteiger partial charge in [0.25, 0.3) is 0 Å². The summed E-state index contributed by atoms with van der Waals surface area (Å²) in [5.74, 6) is 0.892. The highest BCUT2D eigenvalue weighted by atomic mass is 16.5. The Bertz CT molecular complexity index is 165. The van der Waals surface area contributed by atoms with Crippen LogP contribution in [0.25, 0.3) is 0 Å². The number of hydrogen-bond acceptors (Lipinski definition) is 2. The maximum Gasteiger partial charge on any atom is 0.0480 e. The quantitative estimate of drug-likeness (QED) is 0.615. The highest BCUT2D eigenvalue weighted by Gasteiger charge is 2.32. The monoisotopic (exact) mass is 183 g/mol. The van der Waals surface area contributed by atoms with E-state index in [1.807, 2.05) is 0 Å². The zero-order chi connectivity index (χ0) is 9.26. The Morgan fingerprint density at radius 2 is 1.77 bits per heavy atom. The van der Waals surface area contributed by atoms with E-state index >= 15 is 0 Å². The van der Waals surface area contributed by atoms with Crippen molar-refractivity contribution in [2.75, 3.05) is 19.8 Å². The second-order valence-corrected chi connectivity index (χ2v) is 4.59. The molecule has 2 heteroatoms. The van der Waals surface area contributed by atoms with E-state index < -0.39 is 0 Å². The van der Waals surface area contributed by atoms with Crippen molar-refractivity contribution in [3.63, 3.8) is 0 Å². The Kier molecular flexibility index (Phi) is 2.89. The van der Waals surface area contributed by atoms with Crippen molar-refractivity contribution < 1.29 is 4.74 Å². The first-order valence-corrected chi connectivity index (χ1v) is 5.62. The fourth-order valence-electron chi connectivity index (χ4n) is 2.66. The molecule has 0 N–H and O–H groups in total. The Balaban J connectivity index is 1.92. The third kappa shape index (κ3) is 1.89. The molecular formula is C11H21NO. The zero-order valence-electron chi connectivity index (χ0n) is 8.83. The normalized spacial score (nSPS) is 38.3. The fourth-order valence-corrected chi connectivity index (χ4v) is 2.66. The number of rotatable bonds is 1. The van der Waals surface area contributed by atoms with E-state index in [1.54, 1.807) is 0 Å². The number of ether oxygens (including phenoxy) is 1. The molecule has 0 aromatic heterocycles. The van der Waals surface area contributed by atoms with Gasteiger partial charge in [-0.15, -0.1) is 0 Å². The Morgan fingerprint density at radius 3 is 2.31 bits per heavy atom. The third-order valence-corrected chi connectivity index (χ3v) is 3.85. The summed E-state index contributed by atoms with van der Waals surface area (Å²) in [7, 11) is 0. The van der Waals surface area contributed by atoms with Crippen LogP contribution in [-0.4, -0.2) is 36.7 Å². The molecule has 0 spiro atoms. The van der Waals surface area contributed by atoms with E-state index in [0.29, 0.717) is 0 Å². The predicted octanol–water partition coefficient (Wildman–Crippen LogP) is 1.90. The van der Waals surface area contributed by atoms with Crippen LogP contribution < -0.4 is 0 Å². The van der Waals surface area contributed by atoms with Crippen molar-refractivity contribution in [2.24, 2.45) is 5.92 Å². The summed E-state index contributed by atoms with van der Waals surface area (Å²) < 4.78 is 5.39. The molecule has 2 unspecified atom stereocenters. The summed E-state index contributed by atoms with van der Waals surface area (Å²) in [6, 6.07) is 1.61. The minimum atomic E-state index is 0.795. The van der Waals surface area contributed by atoms with Gasteiger partial charge < -0.3 is 4.74 Å². The van der Waals surface area contributed by atoms with E-state index in [4.69, 9.17) is 4.74 Å². The Hall–Kier alpha value is -0.0800. The summed E-state index contributed by atoms with van der Waals surface area (Å²) >= 11 is 0. The molecule has 76 valence electrons. The molecule has 2 saturated heterocycles. The van der Waals surface area contributed by atoms with Crippen molar-refractivity contribution in [1.82, 2.24) is 4.90 Å². The van der Waals surface area contributed by atoms with Gasteiger partial charge in [0, 0.05) is 25.3 Å². The molecule has 0 aromatic rings. The first kappa shape index (κ1) is 9.47. The van der Waals surface area contributed by atoms with E-state index in [2.05, 4.69) is 18.7 Å². The second-order valence-electron chi connectivity index (χ2n) is 4.59. The lowest BCUT2D eigenvalue weighted by molar-refractivity contribution is 0.0292. The predicted molar refractivity (Wildman–Crippen MR) is 53.8 cm³/mol. The van der Waals surface area contributed by atoms with Gasteiger partial charge in [-0.1, -0.05) is 6.92 Å². The van der Waals surface area contributed by atoms with E-state index in [1.165, 1.54) is 25.8 Å². The maximum absolute atomic E-state index is 5.39.